The summed E-state index contributed by atoms with van der Waals surface area (Å²) in [5, 5.41) is 0. The van der Waals surface area contributed by atoms with Gasteiger partial charge in [-0.25, -0.2) is 0 Å². The maximum Gasteiger partial charge on any atom is 0.234 e. The molecule has 0 unspecified atom stereocenters. The lowest BCUT2D eigenvalue weighted by molar-refractivity contribution is -0.0814. The molecule has 2 heterocycles. The van der Waals surface area contributed by atoms with Gasteiger partial charge in [-0.3, -0.25) is 4.98 Å². The summed E-state index contributed by atoms with van der Waals surface area (Å²) in [6.07, 6.45) is 3.12. The van der Waals surface area contributed by atoms with E-state index in [-0.39, 0.29) is 6.10 Å². The monoisotopic (exact) mass is 167 g/mol. The predicted molar refractivity (Wildman–Crippen MR) is 41.7 cm³/mol. The van der Waals surface area contributed by atoms with E-state index >= 15 is 0 Å². The average molecular weight is 167 g/mol. The average Bonchev–Trinajstić information content (AvgIpc) is 1.97. The van der Waals surface area contributed by atoms with Gasteiger partial charge in [-0.15, -0.1) is 0 Å². The number of hydrogen-bond acceptors (Lipinski definition) is 5. The van der Waals surface area contributed by atoms with E-state index in [2.05, 4.69) is 9.97 Å². The fraction of sp³-hybridized carbons (Fsp3) is 0.429. The number of anilines is 1. The molecule has 1 aliphatic heterocycles. The van der Waals surface area contributed by atoms with E-state index in [4.69, 9.17) is 15.2 Å². The van der Waals surface area contributed by atoms with Gasteiger partial charge in [-0.1, -0.05) is 0 Å². The van der Waals surface area contributed by atoms with Gasteiger partial charge in [0, 0.05) is 0 Å². The minimum Gasteiger partial charge on any atom is -0.468 e. The summed E-state index contributed by atoms with van der Waals surface area (Å²) in [5.41, 5.74) is 5.41. The van der Waals surface area contributed by atoms with Crippen molar-refractivity contribution in [1.82, 2.24) is 9.97 Å². The quantitative estimate of drug-likeness (QED) is 0.662. The van der Waals surface area contributed by atoms with Gasteiger partial charge in [0.2, 0.25) is 5.88 Å². The number of aromatic nitrogens is 2. The fourth-order valence-electron chi connectivity index (χ4n) is 0.872. The highest BCUT2D eigenvalue weighted by molar-refractivity contribution is 5.26. The second-order valence-electron chi connectivity index (χ2n) is 2.56. The van der Waals surface area contributed by atoms with Crippen LogP contribution in [0.4, 0.5) is 5.82 Å². The molecule has 0 radical (unpaired) electrons. The lowest BCUT2D eigenvalue weighted by Crippen LogP contribution is -2.38. The number of nitrogens with zero attached hydrogens (tertiary/aromatic N) is 2. The molecule has 1 aliphatic rings. The van der Waals surface area contributed by atoms with Crippen molar-refractivity contribution in [2.45, 2.75) is 6.10 Å². The van der Waals surface area contributed by atoms with Gasteiger partial charge in [0.15, 0.2) is 0 Å². The summed E-state index contributed by atoms with van der Waals surface area (Å²) in [7, 11) is 0. The Bertz CT molecular complexity index is 275. The molecule has 5 heteroatoms. The molecule has 1 saturated heterocycles. The third kappa shape index (κ3) is 1.45. The van der Waals surface area contributed by atoms with Gasteiger partial charge in [0.05, 0.1) is 25.6 Å². The van der Waals surface area contributed by atoms with E-state index in [1.807, 2.05) is 0 Å². The second-order valence-corrected chi connectivity index (χ2v) is 2.56. The maximum absolute atomic E-state index is 5.41. The smallest absolute Gasteiger partial charge is 0.234 e. The maximum atomic E-state index is 5.41. The topological polar surface area (TPSA) is 70.3 Å². The van der Waals surface area contributed by atoms with Crippen LogP contribution < -0.4 is 10.5 Å². The molecule has 1 fully saturated rings. The third-order valence-corrected chi connectivity index (χ3v) is 1.53. The van der Waals surface area contributed by atoms with Crippen LogP contribution in [0.2, 0.25) is 0 Å². The molecule has 0 amide bonds. The lowest BCUT2D eigenvalue weighted by Gasteiger charge is -2.25. The summed E-state index contributed by atoms with van der Waals surface area (Å²) in [4.78, 5) is 7.77. The van der Waals surface area contributed by atoms with Crippen LogP contribution in [0.25, 0.3) is 0 Å². The Balaban J connectivity index is 2.02. The fourth-order valence-corrected chi connectivity index (χ4v) is 0.872. The van der Waals surface area contributed by atoms with Crippen molar-refractivity contribution >= 4 is 5.82 Å². The number of ether oxygens (including phenoxy) is 2. The number of rotatable bonds is 2. The summed E-state index contributed by atoms with van der Waals surface area (Å²) in [6.45, 7) is 1.24. The molecule has 0 aromatic carbocycles. The first-order valence-electron chi connectivity index (χ1n) is 3.66. The minimum absolute atomic E-state index is 0.112. The first-order chi connectivity index (χ1) is 5.84. The Labute approximate surface area is 69.5 Å². The van der Waals surface area contributed by atoms with Gasteiger partial charge in [0.1, 0.15) is 11.9 Å². The normalized spacial score (nSPS) is 17.0. The van der Waals surface area contributed by atoms with Crippen LogP contribution in [0, 0.1) is 0 Å². The van der Waals surface area contributed by atoms with Gasteiger partial charge >= 0.3 is 0 Å². The van der Waals surface area contributed by atoms with Gasteiger partial charge < -0.3 is 15.2 Å². The Morgan fingerprint density at radius 1 is 1.50 bits per heavy atom. The molecule has 64 valence electrons. The molecular weight excluding hydrogens is 158 g/mol. The molecule has 0 aliphatic carbocycles. The summed E-state index contributed by atoms with van der Waals surface area (Å²) >= 11 is 0. The Morgan fingerprint density at radius 3 is 2.92 bits per heavy atom. The van der Waals surface area contributed by atoms with Crippen LogP contribution in [0.15, 0.2) is 12.4 Å². The molecule has 2 N–H and O–H groups in total. The van der Waals surface area contributed by atoms with E-state index < -0.39 is 0 Å². The number of nitrogen functional groups attached to an aromatic ring is 1. The van der Waals surface area contributed by atoms with Crippen molar-refractivity contribution in [2.24, 2.45) is 0 Å². The van der Waals surface area contributed by atoms with Crippen molar-refractivity contribution in [3.8, 4) is 5.88 Å². The Hall–Kier alpha value is -1.36. The summed E-state index contributed by atoms with van der Waals surface area (Å²) in [6, 6.07) is 0. The van der Waals surface area contributed by atoms with E-state index in [1.54, 1.807) is 0 Å². The highest BCUT2D eigenvalue weighted by atomic mass is 16.6. The Morgan fingerprint density at radius 2 is 2.33 bits per heavy atom. The van der Waals surface area contributed by atoms with Crippen LogP contribution in [-0.2, 0) is 4.74 Å². The minimum atomic E-state index is 0.112. The van der Waals surface area contributed by atoms with E-state index in [1.165, 1.54) is 12.4 Å². The SMILES string of the molecule is Nc1cncc(OC2COC2)n1. The zero-order valence-electron chi connectivity index (χ0n) is 6.43. The standard InChI is InChI=1S/C7H9N3O2/c8-6-1-9-2-7(10-6)12-5-3-11-4-5/h1-2,5H,3-4H2,(H2,8,10). The van der Waals surface area contributed by atoms with Crippen LogP contribution in [0.1, 0.15) is 0 Å². The first-order valence-corrected chi connectivity index (χ1v) is 3.66. The van der Waals surface area contributed by atoms with E-state index in [0.717, 1.165) is 0 Å². The Kier molecular flexibility index (Phi) is 1.79. The van der Waals surface area contributed by atoms with E-state index in [0.29, 0.717) is 24.9 Å². The van der Waals surface area contributed by atoms with Crippen LogP contribution in [0.3, 0.4) is 0 Å². The van der Waals surface area contributed by atoms with Crippen molar-refractivity contribution < 1.29 is 9.47 Å². The predicted octanol–water partition coefficient (Wildman–Crippen LogP) is -0.164. The molecule has 0 saturated carbocycles. The molecule has 2 rings (SSSR count). The van der Waals surface area contributed by atoms with Crippen molar-refractivity contribution in [1.29, 1.82) is 0 Å². The molecule has 5 nitrogen and oxygen atoms in total. The molecular formula is C7H9N3O2. The molecule has 0 spiro atoms. The molecule has 1 aromatic rings. The highest BCUT2D eigenvalue weighted by Gasteiger charge is 2.20. The van der Waals surface area contributed by atoms with Gasteiger partial charge in [0.25, 0.3) is 0 Å². The van der Waals surface area contributed by atoms with Crippen LogP contribution in [-0.4, -0.2) is 29.3 Å². The zero-order chi connectivity index (χ0) is 8.39. The number of nitrogens with two attached hydrogens (primary N) is 1. The third-order valence-electron chi connectivity index (χ3n) is 1.53. The van der Waals surface area contributed by atoms with Crippen molar-refractivity contribution in [3.63, 3.8) is 0 Å². The number of hydrogen-bond donors (Lipinski definition) is 1. The molecule has 0 atom stereocenters. The molecule has 0 bridgehead atoms. The first kappa shape index (κ1) is 7.30. The van der Waals surface area contributed by atoms with Crippen molar-refractivity contribution in [2.75, 3.05) is 18.9 Å². The summed E-state index contributed by atoms with van der Waals surface area (Å²) in [5.74, 6) is 0.830. The second kappa shape index (κ2) is 2.94. The summed E-state index contributed by atoms with van der Waals surface area (Å²) < 4.78 is 10.3. The van der Waals surface area contributed by atoms with Gasteiger partial charge in [-0.2, -0.15) is 4.98 Å². The zero-order valence-corrected chi connectivity index (χ0v) is 6.43. The highest BCUT2D eigenvalue weighted by Crippen LogP contribution is 2.12. The van der Waals surface area contributed by atoms with Gasteiger partial charge in [-0.05, 0) is 0 Å². The van der Waals surface area contributed by atoms with Crippen LogP contribution >= 0.6 is 0 Å². The molecule has 12 heavy (non-hydrogen) atoms. The lowest BCUT2D eigenvalue weighted by atomic mass is 10.3. The largest absolute Gasteiger partial charge is 0.468 e. The van der Waals surface area contributed by atoms with E-state index in [9.17, 15) is 0 Å². The van der Waals surface area contributed by atoms with Crippen molar-refractivity contribution in [3.05, 3.63) is 12.4 Å². The molecule has 1 aromatic heterocycles. The van der Waals surface area contributed by atoms with Crippen LogP contribution in [0.5, 0.6) is 5.88 Å².